The molecule has 1 aliphatic rings. The van der Waals surface area contributed by atoms with Crippen LogP contribution < -0.4 is 11.1 Å². The first-order valence-corrected chi connectivity index (χ1v) is 8.74. The molecule has 4 nitrogen and oxygen atoms in total. The number of hydrogen-bond donors (Lipinski definition) is 2. The number of likely N-dealkylation sites (tertiary alicyclic amines) is 1. The summed E-state index contributed by atoms with van der Waals surface area (Å²) in [5, 5.41) is 2.66. The summed E-state index contributed by atoms with van der Waals surface area (Å²) in [6.07, 6.45) is 0. The Morgan fingerprint density at radius 1 is 1.19 bits per heavy atom. The lowest BCUT2D eigenvalue weighted by molar-refractivity contribution is -0.120. The molecule has 0 aromatic heterocycles. The lowest BCUT2D eigenvalue weighted by Gasteiger charge is -2.23. The van der Waals surface area contributed by atoms with Crippen molar-refractivity contribution in [3.63, 3.8) is 0 Å². The maximum atomic E-state index is 13.3. The van der Waals surface area contributed by atoms with Crippen molar-refractivity contribution in [2.45, 2.75) is 18.9 Å². The molecule has 1 aliphatic heterocycles. The molecule has 0 saturated carbocycles. The van der Waals surface area contributed by atoms with Crippen LogP contribution in [0.5, 0.6) is 0 Å². The molecule has 1 saturated heterocycles. The lowest BCUT2D eigenvalue weighted by Crippen LogP contribution is -2.41. The smallest absolute Gasteiger partial charge is 0.241 e. The van der Waals surface area contributed by atoms with Crippen molar-refractivity contribution >= 4 is 24.0 Å². The number of nitrogens with one attached hydrogen (secondary N) is 1. The van der Waals surface area contributed by atoms with Gasteiger partial charge in [0.2, 0.25) is 5.91 Å². The first-order chi connectivity index (χ1) is 12.5. The van der Waals surface area contributed by atoms with Crippen LogP contribution >= 0.6 is 12.4 Å². The molecular weight excluding hydrogens is 372 g/mol. The topological polar surface area (TPSA) is 58.4 Å². The summed E-state index contributed by atoms with van der Waals surface area (Å²) >= 11 is 0. The van der Waals surface area contributed by atoms with Gasteiger partial charge >= 0.3 is 0 Å². The molecule has 0 aliphatic carbocycles. The average molecular weight is 396 g/mol. The summed E-state index contributed by atoms with van der Waals surface area (Å²) < 4.78 is 26.3. The van der Waals surface area contributed by atoms with E-state index < -0.39 is 17.7 Å². The monoisotopic (exact) mass is 395 g/mol. The first kappa shape index (κ1) is 21.3. The molecule has 3 N–H and O–H groups in total. The normalized spacial score (nSPS) is 20.7. The van der Waals surface area contributed by atoms with E-state index in [1.54, 1.807) is 0 Å². The molecule has 2 aromatic carbocycles. The van der Waals surface area contributed by atoms with Crippen molar-refractivity contribution < 1.29 is 13.6 Å². The minimum Gasteiger partial charge on any atom is -0.330 e. The predicted octanol–water partition coefficient (Wildman–Crippen LogP) is 3.39. The van der Waals surface area contributed by atoms with E-state index in [4.69, 9.17) is 5.73 Å². The van der Waals surface area contributed by atoms with Crippen LogP contribution in [0.4, 0.5) is 14.5 Å². The van der Waals surface area contributed by atoms with Crippen molar-refractivity contribution in [2.24, 2.45) is 11.7 Å². The fraction of sp³-hybridized carbons (Fsp3) is 0.350. The zero-order valence-electron chi connectivity index (χ0n) is 15.1. The fourth-order valence-electron chi connectivity index (χ4n) is 3.52. The number of hydrogen-bond acceptors (Lipinski definition) is 3. The Labute approximate surface area is 164 Å². The number of rotatable bonds is 5. The third kappa shape index (κ3) is 4.83. The molecule has 2 aromatic rings. The Balaban J connectivity index is 0.00000261. The van der Waals surface area contributed by atoms with E-state index in [1.807, 2.05) is 25.1 Å². The van der Waals surface area contributed by atoms with Crippen molar-refractivity contribution in [3.05, 3.63) is 65.7 Å². The third-order valence-corrected chi connectivity index (χ3v) is 5.11. The highest BCUT2D eigenvalue weighted by Crippen LogP contribution is 2.33. The highest BCUT2D eigenvalue weighted by molar-refractivity contribution is 5.94. The number of anilines is 1. The fourth-order valence-corrected chi connectivity index (χ4v) is 3.52. The Hall–Kier alpha value is -2.02. The number of benzene rings is 2. The largest absolute Gasteiger partial charge is 0.330 e. The van der Waals surface area contributed by atoms with Gasteiger partial charge in [0.25, 0.3) is 0 Å². The van der Waals surface area contributed by atoms with Crippen LogP contribution in [0.2, 0.25) is 0 Å². The van der Waals surface area contributed by atoms with Crippen LogP contribution in [0.25, 0.3) is 0 Å². The van der Waals surface area contributed by atoms with Crippen molar-refractivity contribution in [1.29, 1.82) is 0 Å². The quantitative estimate of drug-likeness (QED) is 0.815. The van der Waals surface area contributed by atoms with Gasteiger partial charge in [-0.15, -0.1) is 12.4 Å². The van der Waals surface area contributed by atoms with Gasteiger partial charge < -0.3 is 11.1 Å². The van der Waals surface area contributed by atoms with Gasteiger partial charge in [0.05, 0.1) is 6.04 Å². The predicted molar refractivity (Wildman–Crippen MR) is 105 cm³/mol. The minimum absolute atomic E-state index is 0. The Kier molecular flexibility index (Phi) is 7.30. The van der Waals surface area contributed by atoms with E-state index in [9.17, 15) is 13.6 Å². The molecule has 1 unspecified atom stereocenters. The third-order valence-electron chi connectivity index (χ3n) is 5.11. The van der Waals surface area contributed by atoms with Crippen molar-refractivity contribution in [2.75, 3.05) is 25.0 Å². The summed E-state index contributed by atoms with van der Waals surface area (Å²) in [4.78, 5) is 14.6. The molecule has 1 heterocycles. The summed E-state index contributed by atoms with van der Waals surface area (Å²) in [5.41, 5.74) is 7.42. The maximum Gasteiger partial charge on any atom is 0.241 e. The van der Waals surface area contributed by atoms with Crippen LogP contribution in [-0.2, 0) is 4.79 Å². The lowest BCUT2D eigenvalue weighted by atomic mass is 9.89. The Morgan fingerprint density at radius 2 is 1.89 bits per heavy atom. The van der Waals surface area contributed by atoms with Gasteiger partial charge in [-0.25, -0.2) is 8.78 Å². The Morgan fingerprint density at radius 3 is 2.52 bits per heavy atom. The summed E-state index contributed by atoms with van der Waals surface area (Å²) in [5.74, 6) is -1.62. The van der Waals surface area contributed by atoms with Gasteiger partial charge in [0.15, 0.2) is 11.6 Å². The first-order valence-electron chi connectivity index (χ1n) is 8.74. The van der Waals surface area contributed by atoms with Gasteiger partial charge in [0.1, 0.15) is 0 Å². The minimum atomic E-state index is -0.982. The van der Waals surface area contributed by atoms with Crippen molar-refractivity contribution in [3.8, 4) is 0 Å². The molecule has 0 spiro atoms. The van der Waals surface area contributed by atoms with Gasteiger partial charge in [-0.2, -0.15) is 0 Å². The number of halogens is 3. The summed E-state index contributed by atoms with van der Waals surface area (Å²) in [6.45, 7) is 3.82. The average Bonchev–Trinajstić information content (AvgIpc) is 3.09. The van der Waals surface area contributed by atoms with Crippen molar-refractivity contribution in [1.82, 2.24) is 4.90 Å². The summed E-state index contributed by atoms with van der Waals surface area (Å²) in [6, 6.07) is 13.1. The molecule has 0 bridgehead atoms. The second kappa shape index (κ2) is 9.26. The maximum absolute atomic E-state index is 13.3. The zero-order valence-corrected chi connectivity index (χ0v) is 15.9. The molecule has 0 radical (unpaired) electrons. The van der Waals surface area contributed by atoms with Crippen LogP contribution in [0, 0.1) is 17.6 Å². The SMILES string of the molecule is CC(C(=O)Nc1ccc(F)c(F)c1)N1C[C@@H](CN)[C@H](c2ccccc2)C1.Cl. The molecule has 3 rings (SSSR count). The second-order valence-corrected chi connectivity index (χ2v) is 6.76. The second-order valence-electron chi connectivity index (χ2n) is 6.76. The number of carbonyl (C=O) groups is 1. The number of carbonyl (C=O) groups excluding carboxylic acids is 1. The van der Waals surface area contributed by atoms with E-state index >= 15 is 0 Å². The number of nitrogens with zero attached hydrogens (tertiary/aromatic N) is 1. The molecule has 1 fully saturated rings. The van der Waals surface area contributed by atoms with Gasteiger partial charge in [-0.1, -0.05) is 30.3 Å². The van der Waals surface area contributed by atoms with Gasteiger partial charge in [-0.05, 0) is 37.1 Å². The molecule has 146 valence electrons. The van der Waals surface area contributed by atoms with E-state index in [2.05, 4.69) is 22.3 Å². The number of nitrogens with two attached hydrogens (primary N) is 1. The molecule has 1 amide bonds. The van der Waals surface area contributed by atoms with E-state index in [1.165, 1.54) is 11.6 Å². The van der Waals surface area contributed by atoms with E-state index in [0.717, 1.165) is 25.2 Å². The Bertz CT molecular complexity index is 775. The van der Waals surface area contributed by atoms with Crippen LogP contribution in [0.3, 0.4) is 0 Å². The van der Waals surface area contributed by atoms with Crippen LogP contribution in [0.15, 0.2) is 48.5 Å². The molecular formula is C20H24ClF2N3O. The summed E-state index contributed by atoms with van der Waals surface area (Å²) in [7, 11) is 0. The zero-order chi connectivity index (χ0) is 18.7. The molecule has 7 heteroatoms. The standard InChI is InChI=1S/C20H23F2N3O.ClH/c1-13(20(26)24-16-7-8-18(21)19(22)9-16)25-11-15(10-23)17(12-25)14-5-3-2-4-6-14;/h2-9,13,15,17H,10-12,23H2,1H3,(H,24,26);1H/t13?,15-,17+;/m1./s1. The van der Waals surface area contributed by atoms with Crippen LogP contribution in [0.1, 0.15) is 18.4 Å². The van der Waals surface area contributed by atoms with Gasteiger partial charge in [-0.3, -0.25) is 9.69 Å². The highest BCUT2D eigenvalue weighted by atomic mass is 35.5. The van der Waals surface area contributed by atoms with Crippen LogP contribution in [-0.4, -0.2) is 36.5 Å². The van der Waals surface area contributed by atoms with E-state index in [0.29, 0.717) is 6.54 Å². The molecule has 3 atom stereocenters. The highest BCUT2D eigenvalue weighted by Gasteiger charge is 2.36. The van der Waals surface area contributed by atoms with E-state index in [-0.39, 0.29) is 35.8 Å². The molecule has 27 heavy (non-hydrogen) atoms. The van der Waals surface area contributed by atoms with Gasteiger partial charge in [0, 0.05) is 30.8 Å². The number of amides is 1.